The van der Waals surface area contributed by atoms with Crippen molar-refractivity contribution in [1.82, 2.24) is 0 Å². The number of rotatable bonds is 6. The molecular weight excluding hydrogens is 256 g/mol. The molecule has 0 aliphatic carbocycles. The molecule has 0 atom stereocenters. The van der Waals surface area contributed by atoms with E-state index >= 15 is 0 Å². The highest BCUT2D eigenvalue weighted by Gasteiger charge is 2.09. The fraction of sp³-hybridized carbons (Fsp3) is 0.375. The quantitative estimate of drug-likeness (QED) is 0.576. The minimum atomic E-state index is 0.0324. The number of ketones is 1. The molecule has 3 heteroatoms. The van der Waals surface area contributed by atoms with Crippen LogP contribution in [-0.4, -0.2) is 16.7 Å². The van der Waals surface area contributed by atoms with Crippen LogP contribution in [0.1, 0.15) is 43.1 Å². The maximum absolute atomic E-state index is 11.8. The average Bonchev–Trinajstić information content (AvgIpc) is 2.37. The fourth-order valence-corrected chi connectivity index (χ4v) is 2.12. The molecular formula is C16H20O2S. The van der Waals surface area contributed by atoms with Crippen LogP contribution in [0.25, 0.3) is 6.08 Å². The van der Waals surface area contributed by atoms with Crippen molar-refractivity contribution in [3.63, 3.8) is 0 Å². The van der Waals surface area contributed by atoms with Crippen molar-refractivity contribution >= 4 is 28.7 Å². The van der Waals surface area contributed by atoms with Gasteiger partial charge in [-0.2, -0.15) is 0 Å². The topological polar surface area (TPSA) is 34.1 Å². The number of hydrogen-bond donors (Lipinski definition) is 0. The Bertz CT molecular complexity index is 458. The summed E-state index contributed by atoms with van der Waals surface area (Å²) in [5.74, 6) is 1.02. The van der Waals surface area contributed by atoms with Crippen LogP contribution in [0.4, 0.5) is 0 Å². The molecule has 0 saturated heterocycles. The van der Waals surface area contributed by atoms with Crippen LogP contribution in [0.5, 0.6) is 0 Å². The second-order valence-electron chi connectivity index (χ2n) is 4.67. The van der Waals surface area contributed by atoms with Crippen molar-refractivity contribution in [3.8, 4) is 0 Å². The van der Waals surface area contributed by atoms with E-state index in [2.05, 4.69) is 6.08 Å². The van der Waals surface area contributed by atoms with Crippen molar-refractivity contribution < 1.29 is 9.59 Å². The summed E-state index contributed by atoms with van der Waals surface area (Å²) in [6.07, 6.45) is 4.94. The molecule has 0 fully saturated rings. The molecule has 102 valence electrons. The van der Waals surface area contributed by atoms with Gasteiger partial charge >= 0.3 is 0 Å². The molecule has 0 saturated carbocycles. The first-order chi connectivity index (χ1) is 9.00. The van der Waals surface area contributed by atoms with Gasteiger partial charge in [-0.05, 0) is 12.0 Å². The minimum absolute atomic E-state index is 0.0324. The molecule has 0 bridgehead atoms. The van der Waals surface area contributed by atoms with Gasteiger partial charge in [0, 0.05) is 24.2 Å². The predicted molar refractivity (Wildman–Crippen MR) is 82.4 cm³/mol. The summed E-state index contributed by atoms with van der Waals surface area (Å²) in [6.45, 7) is 5.39. The van der Waals surface area contributed by atoms with Crippen LogP contribution in [-0.2, 0) is 4.79 Å². The first-order valence-corrected chi connectivity index (χ1v) is 7.43. The Morgan fingerprint density at radius 1 is 1.21 bits per heavy atom. The SMILES string of the molecule is CC(=O)SCCC=Cc1ccc(C(=O)C(C)C)cc1. The molecule has 0 amide bonds. The van der Waals surface area contributed by atoms with Crippen molar-refractivity contribution in [2.24, 2.45) is 5.92 Å². The highest BCUT2D eigenvalue weighted by molar-refractivity contribution is 8.13. The van der Waals surface area contributed by atoms with Crippen molar-refractivity contribution in [1.29, 1.82) is 0 Å². The van der Waals surface area contributed by atoms with Gasteiger partial charge in [0.25, 0.3) is 0 Å². The first kappa shape index (κ1) is 15.7. The Labute approximate surface area is 119 Å². The van der Waals surface area contributed by atoms with Crippen LogP contribution < -0.4 is 0 Å². The lowest BCUT2D eigenvalue weighted by atomic mass is 10.00. The van der Waals surface area contributed by atoms with Gasteiger partial charge in [0.2, 0.25) is 0 Å². The molecule has 19 heavy (non-hydrogen) atoms. The summed E-state index contributed by atoms with van der Waals surface area (Å²) in [4.78, 5) is 22.5. The van der Waals surface area contributed by atoms with E-state index in [4.69, 9.17) is 0 Å². The Morgan fingerprint density at radius 2 is 1.84 bits per heavy atom. The van der Waals surface area contributed by atoms with Crippen LogP contribution >= 0.6 is 11.8 Å². The summed E-state index contributed by atoms with van der Waals surface area (Å²) in [5.41, 5.74) is 1.84. The molecule has 0 spiro atoms. The molecule has 0 radical (unpaired) electrons. The fourth-order valence-electron chi connectivity index (χ4n) is 1.58. The van der Waals surface area contributed by atoms with Crippen LogP contribution in [0.15, 0.2) is 30.3 Å². The second kappa shape index (κ2) is 7.95. The van der Waals surface area contributed by atoms with Crippen molar-refractivity contribution in [2.45, 2.75) is 27.2 Å². The van der Waals surface area contributed by atoms with Gasteiger partial charge in [-0.1, -0.05) is 62.0 Å². The second-order valence-corrected chi connectivity index (χ2v) is 5.94. The molecule has 0 N–H and O–H groups in total. The highest BCUT2D eigenvalue weighted by atomic mass is 32.2. The Hall–Kier alpha value is -1.35. The third-order valence-corrected chi connectivity index (χ3v) is 3.47. The van der Waals surface area contributed by atoms with E-state index in [1.807, 2.05) is 44.2 Å². The number of allylic oxidation sites excluding steroid dienone is 1. The third kappa shape index (κ3) is 5.88. The highest BCUT2D eigenvalue weighted by Crippen LogP contribution is 2.12. The van der Waals surface area contributed by atoms with Crippen molar-refractivity contribution in [3.05, 3.63) is 41.5 Å². The maximum atomic E-state index is 11.8. The number of carbonyl (C=O) groups excluding carboxylic acids is 2. The van der Waals surface area contributed by atoms with Crippen LogP contribution in [0, 0.1) is 5.92 Å². The summed E-state index contributed by atoms with van der Waals surface area (Å²) in [6, 6.07) is 7.63. The van der Waals surface area contributed by atoms with E-state index in [0.29, 0.717) is 0 Å². The van der Waals surface area contributed by atoms with E-state index in [-0.39, 0.29) is 16.8 Å². The smallest absolute Gasteiger partial charge is 0.185 e. The molecule has 0 aromatic heterocycles. The van der Waals surface area contributed by atoms with Crippen molar-refractivity contribution in [2.75, 3.05) is 5.75 Å². The van der Waals surface area contributed by atoms with Crippen LogP contribution in [0.2, 0.25) is 0 Å². The standard InChI is InChI=1S/C16H20O2S/c1-12(2)16(18)15-9-7-14(8-10-15)6-4-5-11-19-13(3)17/h4,6-10,12H,5,11H2,1-3H3. The summed E-state index contributed by atoms with van der Waals surface area (Å²) in [5, 5.41) is 0.157. The van der Waals surface area contributed by atoms with Gasteiger partial charge < -0.3 is 0 Å². The van der Waals surface area contributed by atoms with E-state index in [1.165, 1.54) is 11.8 Å². The van der Waals surface area contributed by atoms with E-state index in [9.17, 15) is 9.59 Å². The number of hydrogen-bond acceptors (Lipinski definition) is 3. The number of thioether (sulfide) groups is 1. The summed E-state index contributed by atoms with van der Waals surface area (Å²) in [7, 11) is 0. The molecule has 0 heterocycles. The summed E-state index contributed by atoms with van der Waals surface area (Å²) < 4.78 is 0. The van der Waals surface area contributed by atoms with Gasteiger partial charge in [-0.25, -0.2) is 0 Å². The first-order valence-electron chi connectivity index (χ1n) is 6.45. The minimum Gasteiger partial charge on any atom is -0.294 e. The number of Topliss-reactive ketones (excluding diaryl/α,β-unsaturated/α-hetero) is 1. The van der Waals surface area contributed by atoms with Gasteiger partial charge in [-0.3, -0.25) is 9.59 Å². The Kier molecular flexibility index (Phi) is 6.57. The normalized spacial score (nSPS) is 11.2. The van der Waals surface area contributed by atoms with E-state index in [0.717, 1.165) is 23.3 Å². The third-order valence-electron chi connectivity index (χ3n) is 2.62. The lowest BCUT2D eigenvalue weighted by Gasteiger charge is -2.04. The van der Waals surface area contributed by atoms with Gasteiger partial charge in [0.15, 0.2) is 10.9 Å². The Morgan fingerprint density at radius 3 is 2.37 bits per heavy atom. The molecule has 1 aromatic carbocycles. The maximum Gasteiger partial charge on any atom is 0.185 e. The molecule has 0 aliphatic rings. The summed E-state index contributed by atoms with van der Waals surface area (Å²) >= 11 is 1.34. The molecule has 1 aromatic rings. The monoisotopic (exact) mass is 276 g/mol. The molecule has 0 aliphatic heterocycles. The zero-order chi connectivity index (χ0) is 14.3. The molecule has 0 unspecified atom stereocenters. The van der Waals surface area contributed by atoms with E-state index in [1.54, 1.807) is 6.92 Å². The largest absolute Gasteiger partial charge is 0.294 e. The molecule has 2 nitrogen and oxygen atoms in total. The lowest BCUT2D eigenvalue weighted by molar-refractivity contribution is -0.109. The van der Waals surface area contributed by atoms with Gasteiger partial charge in [-0.15, -0.1) is 0 Å². The number of carbonyl (C=O) groups is 2. The van der Waals surface area contributed by atoms with Gasteiger partial charge in [0.1, 0.15) is 0 Å². The van der Waals surface area contributed by atoms with Crippen LogP contribution in [0.3, 0.4) is 0 Å². The van der Waals surface area contributed by atoms with E-state index < -0.39 is 0 Å². The molecule has 1 rings (SSSR count). The Balaban J connectivity index is 2.50. The zero-order valence-electron chi connectivity index (χ0n) is 11.7. The van der Waals surface area contributed by atoms with Gasteiger partial charge in [0.05, 0.1) is 0 Å². The zero-order valence-corrected chi connectivity index (χ0v) is 12.5. The average molecular weight is 276 g/mol. The predicted octanol–water partition coefficient (Wildman–Crippen LogP) is 4.21. The number of benzene rings is 1. The lowest BCUT2D eigenvalue weighted by Crippen LogP contribution is -2.06.